The minimum absolute atomic E-state index is 0.0148. The molecule has 1 aliphatic carbocycles. The summed E-state index contributed by atoms with van der Waals surface area (Å²) in [6, 6.07) is 0.456. The van der Waals surface area contributed by atoms with Gasteiger partial charge in [0.05, 0.1) is 5.60 Å². The summed E-state index contributed by atoms with van der Waals surface area (Å²) in [5, 5.41) is 6.31. The van der Waals surface area contributed by atoms with Gasteiger partial charge in [-0.25, -0.2) is 4.79 Å². The van der Waals surface area contributed by atoms with E-state index >= 15 is 0 Å². The van der Waals surface area contributed by atoms with Gasteiger partial charge in [0.15, 0.2) is 0 Å². The zero-order chi connectivity index (χ0) is 15.4. The Hall–Kier alpha value is -0.810. The number of carbonyl (C=O) groups is 1. The van der Waals surface area contributed by atoms with Gasteiger partial charge in [-0.05, 0) is 51.4 Å². The Morgan fingerprint density at radius 1 is 1.14 bits per heavy atom. The fourth-order valence-electron chi connectivity index (χ4n) is 4.29. The van der Waals surface area contributed by atoms with Gasteiger partial charge in [0.2, 0.25) is 0 Å². The summed E-state index contributed by atoms with van der Waals surface area (Å²) < 4.78 is 11.4. The first kappa shape index (κ1) is 16.1. The highest BCUT2D eigenvalue weighted by atomic mass is 16.5. The van der Waals surface area contributed by atoms with E-state index in [-0.39, 0.29) is 23.7 Å². The monoisotopic (exact) mass is 310 g/mol. The zero-order valence-corrected chi connectivity index (χ0v) is 13.7. The van der Waals surface area contributed by atoms with Crippen LogP contribution in [0.2, 0.25) is 0 Å². The summed E-state index contributed by atoms with van der Waals surface area (Å²) in [6.45, 7) is 4.53. The van der Waals surface area contributed by atoms with Crippen molar-refractivity contribution in [3.63, 3.8) is 0 Å². The minimum atomic E-state index is -0.0148. The molecule has 1 saturated carbocycles. The first-order valence-electron chi connectivity index (χ1n) is 8.96. The van der Waals surface area contributed by atoms with Gasteiger partial charge in [-0.1, -0.05) is 12.8 Å². The standard InChI is InChI=1S/C17H30N2O3/c1-13(14-4-9-21-10-5-14)18-16(20)19-15-6-11-22-17(12-15)7-2-3-8-17/h13-15H,2-12H2,1H3,(H2,18,19,20)/t13-,15+/m0/s1. The number of carbonyl (C=O) groups excluding carboxylic acids is 1. The fourth-order valence-corrected chi connectivity index (χ4v) is 4.29. The van der Waals surface area contributed by atoms with Gasteiger partial charge < -0.3 is 20.1 Å². The van der Waals surface area contributed by atoms with Crippen LogP contribution in [0.15, 0.2) is 0 Å². The Kier molecular flexibility index (Phi) is 5.24. The van der Waals surface area contributed by atoms with Crippen LogP contribution in [0.1, 0.15) is 58.3 Å². The van der Waals surface area contributed by atoms with Crippen LogP contribution < -0.4 is 10.6 Å². The largest absolute Gasteiger partial charge is 0.381 e. The molecule has 0 aromatic heterocycles. The fraction of sp³-hybridized carbons (Fsp3) is 0.941. The van der Waals surface area contributed by atoms with Crippen LogP contribution >= 0.6 is 0 Å². The molecule has 22 heavy (non-hydrogen) atoms. The second-order valence-corrected chi connectivity index (χ2v) is 7.28. The summed E-state index contributed by atoms with van der Waals surface area (Å²) in [5.74, 6) is 0.537. The third-order valence-electron chi connectivity index (χ3n) is 5.67. The molecule has 3 rings (SSSR count). The highest BCUT2D eigenvalue weighted by molar-refractivity contribution is 5.74. The van der Waals surface area contributed by atoms with Crippen LogP contribution in [0, 0.1) is 5.92 Å². The molecular formula is C17H30N2O3. The molecule has 1 spiro atoms. The maximum atomic E-state index is 12.3. The predicted molar refractivity (Wildman–Crippen MR) is 84.8 cm³/mol. The molecule has 5 nitrogen and oxygen atoms in total. The van der Waals surface area contributed by atoms with E-state index in [1.54, 1.807) is 0 Å². The Bertz CT molecular complexity index is 376. The third-order valence-corrected chi connectivity index (χ3v) is 5.67. The van der Waals surface area contributed by atoms with Gasteiger partial charge in [-0.3, -0.25) is 0 Å². The van der Waals surface area contributed by atoms with Gasteiger partial charge in [-0.15, -0.1) is 0 Å². The number of ether oxygens (including phenoxy) is 2. The lowest BCUT2D eigenvalue weighted by Crippen LogP contribution is -2.52. The van der Waals surface area contributed by atoms with Gasteiger partial charge in [0, 0.05) is 31.9 Å². The molecule has 3 fully saturated rings. The van der Waals surface area contributed by atoms with Crippen molar-refractivity contribution >= 4 is 6.03 Å². The van der Waals surface area contributed by atoms with Gasteiger partial charge in [0.25, 0.3) is 0 Å². The van der Waals surface area contributed by atoms with Crippen LogP contribution in [0.25, 0.3) is 0 Å². The number of rotatable bonds is 3. The quantitative estimate of drug-likeness (QED) is 0.842. The lowest BCUT2D eigenvalue weighted by Gasteiger charge is -2.38. The van der Waals surface area contributed by atoms with E-state index in [1.807, 2.05) is 0 Å². The van der Waals surface area contributed by atoms with Crippen LogP contribution in [-0.4, -0.2) is 43.5 Å². The summed E-state index contributed by atoms with van der Waals surface area (Å²) in [5.41, 5.74) is 0.0581. The van der Waals surface area contributed by atoms with Crippen molar-refractivity contribution in [3.05, 3.63) is 0 Å². The predicted octanol–water partition coefficient (Wildman–Crippen LogP) is 2.59. The lowest BCUT2D eigenvalue weighted by molar-refractivity contribution is -0.0820. The lowest BCUT2D eigenvalue weighted by atomic mass is 9.89. The Balaban J connectivity index is 1.44. The number of hydrogen-bond donors (Lipinski definition) is 2. The smallest absolute Gasteiger partial charge is 0.315 e. The molecule has 3 aliphatic rings. The van der Waals surface area contributed by atoms with E-state index in [0.717, 1.165) is 58.3 Å². The average Bonchev–Trinajstić information content (AvgIpc) is 2.95. The SMILES string of the molecule is C[C@H](NC(=O)N[C@@H]1CCOC2(CCCC2)C1)C1CCOCC1. The Morgan fingerprint density at radius 2 is 1.86 bits per heavy atom. The van der Waals surface area contributed by atoms with Gasteiger partial charge in [-0.2, -0.15) is 0 Å². The van der Waals surface area contributed by atoms with E-state index in [9.17, 15) is 4.79 Å². The van der Waals surface area contributed by atoms with Crippen molar-refractivity contribution in [3.8, 4) is 0 Å². The number of amides is 2. The highest BCUT2D eigenvalue weighted by Crippen LogP contribution is 2.39. The Labute approximate surface area is 133 Å². The molecule has 2 saturated heterocycles. The number of urea groups is 1. The number of nitrogens with one attached hydrogen (secondary N) is 2. The van der Waals surface area contributed by atoms with E-state index in [2.05, 4.69) is 17.6 Å². The van der Waals surface area contributed by atoms with E-state index in [0.29, 0.717) is 5.92 Å². The van der Waals surface area contributed by atoms with Crippen molar-refractivity contribution in [2.75, 3.05) is 19.8 Å². The van der Waals surface area contributed by atoms with Crippen molar-refractivity contribution in [1.29, 1.82) is 0 Å². The van der Waals surface area contributed by atoms with E-state index in [1.165, 1.54) is 12.8 Å². The number of hydrogen-bond acceptors (Lipinski definition) is 3. The van der Waals surface area contributed by atoms with Crippen molar-refractivity contribution < 1.29 is 14.3 Å². The maximum Gasteiger partial charge on any atom is 0.315 e. The topological polar surface area (TPSA) is 59.6 Å². The van der Waals surface area contributed by atoms with Crippen LogP contribution in [0.5, 0.6) is 0 Å². The summed E-state index contributed by atoms with van der Waals surface area (Å²) in [7, 11) is 0. The molecule has 0 radical (unpaired) electrons. The van der Waals surface area contributed by atoms with E-state index in [4.69, 9.17) is 9.47 Å². The first-order valence-corrected chi connectivity index (χ1v) is 8.96. The zero-order valence-electron chi connectivity index (χ0n) is 13.7. The molecule has 0 unspecified atom stereocenters. The molecule has 2 aliphatic heterocycles. The van der Waals surface area contributed by atoms with Crippen molar-refractivity contribution in [2.24, 2.45) is 5.92 Å². The third kappa shape index (κ3) is 3.93. The van der Waals surface area contributed by atoms with E-state index < -0.39 is 0 Å². The molecule has 2 atom stereocenters. The minimum Gasteiger partial charge on any atom is -0.381 e. The second-order valence-electron chi connectivity index (χ2n) is 7.28. The van der Waals surface area contributed by atoms with Crippen LogP contribution in [0.4, 0.5) is 4.79 Å². The molecule has 0 bridgehead atoms. The summed E-state index contributed by atoms with van der Waals surface area (Å²) >= 11 is 0. The molecule has 2 N–H and O–H groups in total. The van der Waals surface area contributed by atoms with Crippen LogP contribution in [0.3, 0.4) is 0 Å². The maximum absolute atomic E-state index is 12.3. The van der Waals surface area contributed by atoms with Gasteiger partial charge in [0.1, 0.15) is 0 Å². The molecule has 126 valence electrons. The molecule has 5 heteroatoms. The molecule has 2 amide bonds. The van der Waals surface area contributed by atoms with Crippen molar-refractivity contribution in [1.82, 2.24) is 10.6 Å². The van der Waals surface area contributed by atoms with Crippen LogP contribution in [-0.2, 0) is 9.47 Å². The van der Waals surface area contributed by atoms with Crippen molar-refractivity contribution in [2.45, 2.75) is 76.0 Å². The molecule has 0 aromatic carbocycles. The normalized spacial score (nSPS) is 30.1. The summed E-state index contributed by atoms with van der Waals surface area (Å²) in [6.07, 6.45) is 8.84. The second kappa shape index (κ2) is 7.18. The average molecular weight is 310 g/mol. The molecular weight excluding hydrogens is 280 g/mol. The first-order chi connectivity index (χ1) is 10.7. The molecule has 2 heterocycles. The summed E-state index contributed by atoms with van der Waals surface area (Å²) in [4.78, 5) is 12.3. The highest BCUT2D eigenvalue weighted by Gasteiger charge is 2.40. The Morgan fingerprint density at radius 3 is 2.59 bits per heavy atom. The molecule has 0 aromatic rings. The van der Waals surface area contributed by atoms with Gasteiger partial charge >= 0.3 is 6.03 Å².